The van der Waals surface area contributed by atoms with E-state index in [1.54, 1.807) is 6.08 Å². The molecular weight excluding hydrogens is 386 g/mol. The molecule has 4 rings (SSSR count). The van der Waals surface area contributed by atoms with Gasteiger partial charge in [0.2, 0.25) is 0 Å². The second-order valence-electron chi connectivity index (χ2n) is 8.76. The molecule has 0 atom stereocenters. The first-order chi connectivity index (χ1) is 15.1. The predicted octanol–water partition coefficient (Wildman–Crippen LogP) is 5.96. The Morgan fingerprint density at radius 2 is 1.84 bits per heavy atom. The lowest BCUT2D eigenvalue weighted by Gasteiger charge is -2.21. The minimum absolute atomic E-state index is 0.139. The third-order valence-corrected chi connectivity index (χ3v) is 6.42. The van der Waals surface area contributed by atoms with Crippen LogP contribution in [-0.4, -0.2) is 18.3 Å². The van der Waals surface area contributed by atoms with Crippen LogP contribution in [0.1, 0.15) is 63.4 Å². The lowest BCUT2D eigenvalue weighted by atomic mass is 9.86. The molecule has 2 aliphatic rings. The Balaban J connectivity index is 1.50. The number of rotatable bonds is 7. The fraction of sp³-hybridized carbons (Fsp3) is 0.407. The maximum Gasteiger partial charge on any atom is 0.259 e. The van der Waals surface area contributed by atoms with Gasteiger partial charge < -0.3 is 10.1 Å². The van der Waals surface area contributed by atoms with Gasteiger partial charge in [0, 0.05) is 11.3 Å². The van der Waals surface area contributed by atoms with Crippen molar-refractivity contribution in [3.8, 4) is 5.75 Å². The Bertz CT molecular complexity index is 992. The van der Waals surface area contributed by atoms with Gasteiger partial charge in [0.15, 0.2) is 5.78 Å². The van der Waals surface area contributed by atoms with E-state index in [1.807, 2.05) is 36.4 Å². The maximum atomic E-state index is 12.5. The largest absolute Gasteiger partial charge is 0.493 e. The number of hydrogen-bond acceptors (Lipinski definition) is 3. The van der Waals surface area contributed by atoms with Crippen molar-refractivity contribution in [1.29, 1.82) is 0 Å². The average Bonchev–Trinajstić information content (AvgIpc) is 2.77. The number of carbonyl (C=O) groups excluding carboxylic acids is 2. The third kappa shape index (κ3) is 5.25. The molecule has 1 N–H and O–H groups in total. The molecule has 2 fully saturated rings. The average molecular weight is 418 g/mol. The van der Waals surface area contributed by atoms with E-state index in [4.69, 9.17) is 4.74 Å². The zero-order valence-corrected chi connectivity index (χ0v) is 18.1. The molecule has 2 aromatic carbocycles. The number of Topliss-reactive ketones (excluding diaryl/α,β-unsaturated/α-hetero) is 1. The molecule has 1 saturated carbocycles. The summed E-state index contributed by atoms with van der Waals surface area (Å²) >= 11 is 0. The Morgan fingerprint density at radius 3 is 2.65 bits per heavy atom. The highest BCUT2D eigenvalue weighted by Gasteiger charge is 2.26. The Kier molecular flexibility index (Phi) is 6.86. The Morgan fingerprint density at radius 1 is 1.03 bits per heavy atom. The standard InChI is InChI=1S/C27H31NO3/c1-19-17-25(29)24(27(30)28-19)18-23-22-13-6-5-12-21(22)14-15-26(23)31-16-8-7-11-20-9-3-2-4-10-20/h5-6,12-15,18,20H,1-4,7-11,16-17H2,(H,28,30)/b24-18-. The summed E-state index contributed by atoms with van der Waals surface area (Å²) in [7, 11) is 0. The number of hydrogen-bond donors (Lipinski definition) is 1. The second-order valence-corrected chi connectivity index (χ2v) is 8.76. The van der Waals surface area contributed by atoms with Crippen molar-refractivity contribution in [2.75, 3.05) is 6.61 Å². The van der Waals surface area contributed by atoms with Crippen LogP contribution in [0.5, 0.6) is 5.75 Å². The van der Waals surface area contributed by atoms with Crippen molar-refractivity contribution in [2.45, 2.75) is 57.8 Å². The number of piperidine rings is 1. The Labute approximate surface area is 184 Å². The van der Waals surface area contributed by atoms with E-state index in [0.29, 0.717) is 18.1 Å². The van der Waals surface area contributed by atoms with E-state index in [-0.39, 0.29) is 17.8 Å². The number of carbonyl (C=O) groups is 2. The number of amides is 1. The van der Waals surface area contributed by atoms with Gasteiger partial charge in [-0.3, -0.25) is 9.59 Å². The number of ether oxygens (including phenoxy) is 1. The minimum atomic E-state index is -0.396. The molecule has 2 aromatic rings. The molecule has 0 spiro atoms. The van der Waals surface area contributed by atoms with Crippen LogP contribution in [0, 0.1) is 5.92 Å². The summed E-state index contributed by atoms with van der Waals surface area (Å²) in [6.45, 7) is 4.35. The highest BCUT2D eigenvalue weighted by Crippen LogP contribution is 2.32. The van der Waals surface area contributed by atoms with Gasteiger partial charge in [-0.1, -0.05) is 75.4 Å². The van der Waals surface area contributed by atoms with Crippen molar-refractivity contribution in [1.82, 2.24) is 5.32 Å². The van der Waals surface area contributed by atoms with E-state index in [0.717, 1.165) is 28.7 Å². The van der Waals surface area contributed by atoms with Gasteiger partial charge in [-0.05, 0) is 41.7 Å². The predicted molar refractivity (Wildman–Crippen MR) is 125 cm³/mol. The lowest BCUT2D eigenvalue weighted by Crippen LogP contribution is -2.34. The highest BCUT2D eigenvalue weighted by atomic mass is 16.5. The molecule has 162 valence electrons. The van der Waals surface area contributed by atoms with E-state index in [9.17, 15) is 9.59 Å². The van der Waals surface area contributed by atoms with Crippen LogP contribution in [0.25, 0.3) is 16.8 Å². The fourth-order valence-corrected chi connectivity index (χ4v) is 4.72. The van der Waals surface area contributed by atoms with Gasteiger partial charge >= 0.3 is 0 Å². The molecule has 0 unspecified atom stereocenters. The van der Waals surface area contributed by atoms with Crippen LogP contribution in [0.3, 0.4) is 0 Å². The van der Waals surface area contributed by atoms with E-state index < -0.39 is 5.91 Å². The van der Waals surface area contributed by atoms with Crippen LogP contribution in [-0.2, 0) is 9.59 Å². The van der Waals surface area contributed by atoms with Crippen LogP contribution < -0.4 is 10.1 Å². The van der Waals surface area contributed by atoms with Crippen molar-refractivity contribution >= 4 is 28.5 Å². The number of fused-ring (bicyclic) bond motifs is 1. The first kappa shape index (κ1) is 21.4. The zero-order valence-electron chi connectivity index (χ0n) is 18.1. The monoisotopic (exact) mass is 417 g/mol. The van der Waals surface area contributed by atoms with E-state index in [1.165, 1.54) is 44.9 Å². The molecule has 0 radical (unpaired) electrons. The molecule has 1 saturated heterocycles. The van der Waals surface area contributed by atoms with E-state index >= 15 is 0 Å². The zero-order chi connectivity index (χ0) is 21.6. The molecule has 1 aliphatic heterocycles. The van der Waals surface area contributed by atoms with Crippen LogP contribution >= 0.6 is 0 Å². The number of unbranched alkanes of at least 4 members (excludes halogenated alkanes) is 1. The summed E-state index contributed by atoms with van der Waals surface area (Å²) in [5, 5.41) is 4.70. The normalized spacial score (nSPS) is 19.1. The fourth-order valence-electron chi connectivity index (χ4n) is 4.72. The van der Waals surface area contributed by atoms with Gasteiger partial charge in [0.25, 0.3) is 5.91 Å². The summed E-state index contributed by atoms with van der Waals surface area (Å²) in [5.41, 5.74) is 1.39. The molecule has 1 amide bonds. The quantitative estimate of drug-likeness (QED) is 0.344. The number of ketones is 1. The van der Waals surface area contributed by atoms with Gasteiger partial charge in [0.05, 0.1) is 18.6 Å². The summed E-state index contributed by atoms with van der Waals surface area (Å²) in [4.78, 5) is 24.9. The van der Waals surface area contributed by atoms with Crippen molar-refractivity contribution in [3.05, 3.63) is 59.8 Å². The summed E-state index contributed by atoms with van der Waals surface area (Å²) < 4.78 is 6.16. The summed E-state index contributed by atoms with van der Waals surface area (Å²) in [6, 6.07) is 11.9. The van der Waals surface area contributed by atoms with Crippen LogP contribution in [0.2, 0.25) is 0 Å². The SMILES string of the molecule is C=C1CC(=O)/C(=C/c2c(OCCCCC3CCCCC3)ccc3ccccc23)C(=O)N1. The summed E-state index contributed by atoms with van der Waals surface area (Å²) in [6.07, 6.45) is 12.2. The minimum Gasteiger partial charge on any atom is -0.493 e. The molecule has 0 bridgehead atoms. The van der Waals surface area contributed by atoms with Crippen LogP contribution in [0.15, 0.2) is 54.2 Å². The molecule has 31 heavy (non-hydrogen) atoms. The van der Waals surface area contributed by atoms with Crippen molar-refractivity contribution < 1.29 is 14.3 Å². The molecular formula is C27H31NO3. The summed E-state index contributed by atoms with van der Waals surface area (Å²) in [5.74, 6) is 1.00. The number of nitrogens with one attached hydrogen (secondary N) is 1. The highest BCUT2D eigenvalue weighted by molar-refractivity contribution is 6.26. The number of benzene rings is 2. The molecule has 4 nitrogen and oxygen atoms in total. The van der Waals surface area contributed by atoms with Gasteiger partial charge in [-0.25, -0.2) is 0 Å². The molecule has 0 aromatic heterocycles. The van der Waals surface area contributed by atoms with Crippen molar-refractivity contribution in [3.63, 3.8) is 0 Å². The first-order valence-corrected chi connectivity index (χ1v) is 11.5. The van der Waals surface area contributed by atoms with Crippen LogP contribution in [0.4, 0.5) is 0 Å². The van der Waals surface area contributed by atoms with E-state index in [2.05, 4.69) is 11.9 Å². The topological polar surface area (TPSA) is 55.4 Å². The molecule has 1 heterocycles. The van der Waals surface area contributed by atoms with Crippen molar-refractivity contribution in [2.24, 2.45) is 5.92 Å². The first-order valence-electron chi connectivity index (χ1n) is 11.5. The Hall–Kier alpha value is -2.88. The second kappa shape index (κ2) is 9.95. The molecule has 4 heteroatoms. The van der Waals surface area contributed by atoms with Gasteiger partial charge in [-0.15, -0.1) is 0 Å². The number of allylic oxidation sites excluding steroid dienone is 1. The smallest absolute Gasteiger partial charge is 0.259 e. The molecule has 1 aliphatic carbocycles. The van der Waals surface area contributed by atoms with Gasteiger partial charge in [-0.2, -0.15) is 0 Å². The lowest BCUT2D eigenvalue weighted by molar-refractivity contribution is -0.123. The third-order valence-electron chi connectivity index (χ3n) is 6.42. The van der Waals surface area contributed by atoms with Gasteiger partial charge in [0.1, 0.15) is 5.75 Å². The maximum absolute atomic E-state index is 12.5.